The Morgan fingerprint density at radius 1 is 1.20 bits per heavy atom. The fourth-order valence-electron chi connectivity index (χ4n) is 3.95. The molecule has 3 atom stereocenters. The van der Waals surface area contributed by atoms with E-state index >= 15 is 0 Å². The largest absolute Gasteiger partial charge is 0.467 e. The SMILES string of the molecule is CCNC(=NCc1cccc(C(=O)NCc2ccco2)c1)NC1CC2CCC1O2.I. The van der Waals surface area contributed by atoms with Crippen LogP contribution in [0.25, 0.3) is 0 Å². The van der Waals surface area contributed by atoms with Crippen LogP contribution in [0.4, 0.5) is 0 Å². The number of guanidine groups is 1. The second kappa shape index (κ2) is 10.8. The van der Waals surface area contributed by atoms with Gasteiger partial charge in [-0.25, -0.2) is 4.99 Å². The smallest absolute Gasteiger partial charge is 0.251 e. The summed E-state index contributed by atoms with van der Waals surface area (Å²) in [4.78, 5) is 17.1. The second-order valence-electron chi connectivity index (χ2n) is 7.52. The molecule has 2 fully saturated rings. The molecule has 1 aromatic carbocycles. The fourth-order valence-corrected chi connectivity index (χ4v) is 3.95. The number of halogens is 1. The van der Waals surface area contributed by atoms with Gasteiger partial charge in [-0.15, -0.1) is 24.0 Å². The number of nitrogens with zero attached hydrogens (tertiary/aromatic N) is 1. The minimum atomic E-state index is -0.128. The lowest BCUT2D eigenvalue weighted by atomic mass is 9.96. The van der Waals surface area contributed by atoms with Crippen LogP contribution in [-0.2, 0) is 17.8 Å². The molecule has 7 nitrogen and oxygen atoms in total. The lowest BCUT2D eigenvalue weighted by Gasteiger charge is -2.22. The molecule has 162 valence electrons. The number of hydrogen-bond donors (Lipinski definition) is 3. The molecular formula is C22H29IN4O3. The summed E-state index contributed by atoms with van der Waals surface area (Å²) in [6.45, 7) is 3.71. The molecule has 2 saturated heterocycles. The molecule has 0 aliphatic carbocycles. The molecule has 0 saturated carbocycles. The van der Waals surface area contributed by atoms with Crippen molar-refractivity contribution < 1.29 is 13.9 Å². The standard InChI is InChI=1S/C22H28N4O3.HI/c1-2-23-22(26-19-12-17-8-9-20(19)29-17)25-13-15-5-3-6-16(11-15)21(27)24-14-18-7-4-10-28-18;/h3-7,10-11,17,19-20H,2,8-9,12-14H2,1H3,(H,24,27)(H2,23,25,26);1H. The van der Waals surface area contributed by atoms with Gasteiger partial charge >= 0.3 is 0 Å². The maximum Gasteiger partial charge on any atom is 0.251 e. The van der Waals surface area contributed by atoms with Gasteiger partial charge < -0.3 is 25.1 Å². The van der Waals surface area contributed by atoms with Crippen LogP contribution in [-0.4, -0.2) is 36.7 Å². The zero-order valence-electron chi connectivity index (χ0n) is 17.1. The van der Waals surface area contributed by atoms with Gasteiger partial charge in [0.25, 0.3) is 5.91 Å². The van der Waals surface area contributed by atoms with Crippen LogP contribution < -0.4 is 16.0 Å². The molecule has 2 aliphatic rings. The van der Waals surface area contributed by atoms with Gasteiger partial charge in [0, 0.05) is 12.1 Å². The molecule has 3 N–H and O–H groups in total. The predicted octanol–water partition coefficient (Wildman–Crippen LogP) is 3.20. The number of nitrogens with one attached hydrogen (secondary N) is 3. The van der Waals surface area contributed by atoms with E-state index in [0.717, 1.165) is 36.7 Å². The summed E-state index contributed by atoms with van der Waals surface area (Å²) in [5, 5.41) is 9.69. The highest BCUT2D eigenvalue weighted by atomic mass is 127. The molecule has 0 spiro atoms. The Morgan fingerprint density at radius 2 is 2.10 bits per heavy atom. The summed E-state index contributed by atoms with van der Waals surface area (Å²) in [6, 6.07) is 11.5. The van der Waals surface area contributed by atoms with E-state index in [0.29, 0.717) is 36.9 Å². The van der Waals surface area contributed by atoms with Crippen molar-refractivity contribution in [2.24, 2.45) is 4.99 Å². The van der Waals surface area contributed by atoms with Crippen LogP contribution in [0.2, 0.25) is 0 Å². The quantitative estimate of drug-likeness (QED) is 0.294. The van der Waals surface area contributed by atoms with Gasteiger partial charge in [0.2, 0.25) is 0 Å². The summed E-state index contributed by atoms with van der Waals surface area (Å²) in [5.74, 6) is 1.39. The molecule has 4 rings (SSSR count). The average molecular weight is 524 g/mol. The Hall–Kier alpha value is -2.07. The lowest BCUT2D eigenvalue weighted by Crippen LogP contribution is -2.47. The topological polar surface area (TPSA) is 87.9 Å². The van der Waals surface area contributed by atoms with Gasteiger partial charge in [-0.3, -0.25) is 4.79 Å². The number of ether oxygens (including phenoxy) is 1. The van der Waals surface area contributed by atoms with Crippen LogP contribution >= 0.6 is 24.0 Å². The van der Waals surface area contributed by atoms with Crippen LogP contribution in [0.15, 0.2) is 52.1 Å². The van der Waals surface area contributed by atoms with Gasteiger partial charge in [0.05, 0.1) is 37.6 Å². The highest BCUT2D eigenvalue weighted by Gasteiger charge is 2.41. The first-order chi connectivity index (χ1) is 14.2. The number of carbonyl (C=O) groups is 1. The van der Waals surface area contributed by atoms with Crippen molar-refractivity contribution in [1.82, 2.24) is 16.0 Å². The van der Waals surface area contributed by atoms with Gasteiger partial charge in [-0.1, -0.05) is 12.1 Å². The molecule has 3 unspecified atom stereocenters. The van der Waals surface area contributed by atoms with E-state index in [2.05, 4.69) is 22.9 Å². The highest BCUT2D eigenvalue weighted by molar-refractivity contribution is 14.0. The second-order valence-corrected chi connectivity index (χ2v) is 7.52. The summed E-state index contributed by atoms with van der Waals surface area (Å²) in [7, 11) is 0. The van der Waals surface area contributed by atoms with Crippen molar-refractivity contribution in [2.75, 3.05) is 6.54 Å². The Balaban J connectivity index is 0.00000256. The van der Waals surface area contributed by atoms with E-state index in [1.165, 1.54) is 6.42 Å². The molecule has 30 heavy (non-hydrogen) atoms. The van der Waals surface area contributed by atoms with Crippen molar-refractivity contribution in [2.45, 2.75) is 57.5 Å². The first kappa shape index (κ1) is 22.6. The number of furan rings is 1. The Kier molecular flexibility index (Phi) is 8.15. The molecule has 0 radical (unpaired) electrons. The fraction of sp³-hybridized carbons (Fsp3) is 0.455. The summed E-state index contributed by atoms with van der Waals surface area (Å²) < 4.78 is 11.2. The van der Waals surface area contributed by atoms with Crippen molar-refractivity contribution >= 4 is 35.8 Å². The van der Waals surface area contributed by atoms with Gasteiger partial charge in [-0.2, -0.15) is 0 Å². The molecule has 1 aromatic heterocycles. The van der Waals surface area contributed by atoms with Crippen LogP contribution in [0.3, 0.4) is 0 Å². The average Bonchev–Trinajstić information content (AvgIpc) is 3.49. The predicted molar refractivity (Wildman–Crippen MR) is 126 cm³/mol. The summed E-state index contributed by atoms with van der Waals surface area (Å²) >= 11 is 0. The Bertz CT molecular complexity index is 856. The number of aliphatic imine (C=N–C) groups is 1. The number of fused-ring (bicyclic) bond motifs is 2. The normalized spacial score (nSPS) is 22.4. The van der Waals surface area contributed by atoms with Gasteiger partial charge in [-0.05, 0) is 56.0 Å². The molecule has 2 aliphatic heterocycles. The van der Waals surface area contributed by atoms with E-state index in [1.807, 2.05) is 24.3 Å². The maximum absolute atomic E-state index is 12.4. The maximum atomic E-state index is 12.4. The highest BCUT2D eigenvalue weighted by Crippen LogP contribution is 2.34. The number of carbonyl (C=O) groups excluding carboxylic acids is 1. The van der Waals surface area contributed by atoms with E-state index < -0.39 is 0 Å². The van der Waals surface area contributed by atoms with E-state index in [4.69, 9.17) is 14.1 Å². The van der Waals surface area contributed by atoms with Gasteiger partial charge in [0.15, 0.2) is 5.96 Å². The monoisotopic (exact) mass is 524 g/mol. The number of benzene rings is 1. The van der Waals surface area contributed by atoms with E-state index in [-0.39, 0.29) is 29.9 Å². The molecular weight excluding hydrogens is 495 g/mol. The van der Waals surface area contributed by atoms with Crippen LogP contribution in [0.1, 0.15) is 47.9 Å². The van der Waals surface area contributed by atoms with Crippen LogP contribution in [0, 0.1) is 0 Å². The zero-order chi connectivity index (χ0) is 20.1. The van der Waals surface area contributed by atoms with E-state index in [1.54, 1.807) is 18.4 Å². The van der Waals surface area contributed by atoms with Crippen molar-refractivity contribution in [3.63, 3.8) is 0 Å². The van der Waals surface area contributed by atoms with E-state index in [9.17, 15) is 4.79 Å². The lowest BCUT2D eigenvalue weighted by molar-refractivity contribution is 0.0947. The minimum absolute atomic E-state index is 0. The molecule has 2 bridgehead atoms. The first-order valence-corrected chi connectivity index (χ1v) is 10.3. The molecule has 2 aromatic rings. The Labute approximate surface area is 194 Å². The Morgan fingerprint density at radius 3 is 2.80 bits per heavy atom. The van der Waals surface area contributed by atoms with Gasteiger partial charge in [0.1, 0.15) is 5.76 Å². The third kappa shape index (κ3) is 5.75. The molecule has 8 heteroatoms. The molecule has 1 amide bonds. The number of amides is 1. The summed E-state index contributed by atoms with van der Waals surface area (Å²) in [5.41, 5.74) is 1.60. The zero-order valence-corrected chi connectivity index (χ0v) is 19.4. The third-order valence-corrected chi connectivity index (χ3v) is 5.38. The van der Waals surface area contributed by atoms with Crippen molar-refractivity contribution in [3.05, 3.63) is 59.5 Å². The number of rotatable bonds is 7. The van der Waals surface area contributed by atoms with Crippen LogP contribution in [0.5, 0.6) is 0 Å². The van der Waals surface area contributed by atoms with Crippen molar-refractivity contribution in [3.8, 4) is 0 Å². The minimum Gasteiger partial charge on any atom is -0.467 e. The summed E-state index contributed by atoms with van der Waals surface area (Å²) in [6.07, 6.45) is 5.63. The van der Waals surface area contributed by atoms with Crippen molar-refractivity contribution in [1.29, 1.82) is 0 Å². The molecule has 3 heterocycles. The third-order valence-electron chi connectivity index (χ3n) is 5.38. The number of hydrogen-bond acceptors (Lipinski definition) is 4. The first-order valence-electron chi connectivity index (χ1n) is 10.3.